The largest absolute Gasteiger partial charge is 0.497 e. The normalized spacial score (nSPS) is 18.2. The molecule has 1 aromatic carbocycles. The molecule has 0 radical (unpaired) electrons. The summed E-state index contributed by atoms with van der Waals surface area (Å²) in [6.07, 6.45) is 2.32. The second-order valence-electron chi connectivity index (χ2n) is 4.98. The molecular weight excluding hydrogens is 228 g/mol. The van der Waals surface area contributed by atoms with E-state index in [0.29, 0.717) is 0 Å². The fourth-order valence-electron chi connectivity index (χ4n) is 2.52. The maximum atomic E-state index is 6.45. The summed E-state index contributed by atoms with van der Waals surface area (Å²) in [5.41, 5.74) is 7.65. The fraction of sp³-hybridized carbons (Fsp3) is 0.571. The number of methoxy groups -OCH3 is 2. The highest BCUT2D eigenvalue weighted by molar-refractivity contribution is 5.43. The van der Waals surface area contributed by atoms with Gasteiger partial charge >= 0.3 is 0 Å². The molecule has 0 bridgehead atoms. The summed E-state index contributed by atoms with van der Waals surface area (Å²) in [6.45, 7) is 0.939. The van der Waals surface area contributed by atoms with Crippen molar-refractivity contribution in [1.82, 2.24) is 5.32 Å². The Morgan fingerprint density at radius 3 is 2.56 bits per heavy atom. The quantitative estimate of drug-likeness (QED) is 0.807. The summed E-state index contributed by atoms with van der Waals surface area (Å²) in [5, 5.41) is 3.24. The summed E-state index contributed by atoms with van der Waals surface area (Å²) in [4.78, 5) is 0. The monoisotopic (exact) mass is 250 g/mol. The minimum Gasteiger partial charge on any atom is -0.497 e. The number of nitrogens with one attached hydrogen (secondary N) is 1. The topological polar surface area (TPSA) is 56.5 Å². The fourth-order valence-corrected chi connectivity index (χ4v) is 2.52. The average molecular weight is 250 g/mol. The van der Waals surface area contributed by atoms with Crippen LogP contribution in [0.1, 0.15) is 24.4 Å². The SMILES string of the molecule is CNCC1(C(N)c2cc(OC)ccc2OC)CC1. The van der Waals surface area contributed by atoms with Crippen molar-refractivity contribution in [2.75, 3.05) is 27.8 Å². The number of nitrogens with two attached hydrogens (primary N) is 1. The lowest BCUT2D eigenvalue weighted by atomic mass is 9.90. The molecule has 4 heteroatoms. The van der Waals surface area contributed by atoms with Gasteiger partial charge in [-0.25, -0.2) is 0 Å². The van der Waals surface area contributed by atoms with Gasteiger partial charge in [-0.1, -0.05) is 0 Å². The Bertz CT molecular complexity index is 416. The van der Waals surface area contributed by atoms with Gasteiger partial charge in [-0.2, -0.15) is 0 Å². The van der Waals surface area contributed by atoms with E-state index in [2.05, 4.69) is 5.32 Å². The summed E-state index contributed by atoms with van der Waals surface area (Å²) < 4.78 is 10.7. The summed E-state index contributed by atoms with van der Waals surface area (Å²) in [6, 6.07) is 5.78. The first-order chi connectivity index (χ1) is 8.66. The predicted molar refractivity (Wildman–Crippen MR) is 72.1 cm³/mol. The Morgan fingerprint density at radius 1 is 1.33 bits per heavy atom. The van der Waals surface area contributed by atoms with Crippen LogP contribution in [0.2, 0.25) is 0 Å². The highest BCUT2D eigenvalue weighted by Gasteiger charge is 2.48. The van der Waals surface area contributed by atoms with E-state index in [0.717, 1.165) is 36.4 Å². The van der Waals surface area contributed by atoms with Crippen molar-refractivity contribution in [3.05, 3.63) is 23.8 Å². The first-order valence-electron chi connectivity index (χ1n) is 6.29. The molecule has 0 aliphatic heterocycles. The van der Waals surface area contributed by atoms with Gasteiger partial charge in [0.15, 0.2) is 0 Å². The maximum Gasteiger partial charge on any atom is 0.123 e. The number of benzene rings is 1. The summed E-state index contributed by atoms with van der Waals surface area (Å²) >= 11 is 0. The van der Waals surface area contributed by atoms with Crippen molar-refractivity contribution in [2.45, 2.75) is 18.9 Å². The van der Waals surface area contributed by atoms with E-state index in [1.807, 2.05) is 25.2 Å². The predicted octanol–water partition coefficient (Wildman–Crippen LogP) is 1.70. The second kappa shape index (κ2) is 5.16. The summed E-state index contributed by atoms with van der Waals surface area (Å²) in [7, 11) is 5.31. The van der Waals surface area contributed by atoms with Crippen LogP contribution in [0.4, 0.5) is 0 Å². The number of hydrogen-bond donors (Lipinski definition) is 2. The van der Waals surface area contributed by atoms with Crippen LogP contribution in [-0.4, -0.2) is 27.8 Å². The molecule has 0 spiro atoms. The standard InChI is InChI=1S/C14H22N2O2/c1-16-9-14(6-7-14)13(15)11-8-10(17-2)4-5-12(11)18-3/h4-5,8,13,16H,6-7,9,15H2,1-3H3. The molecule has 0 heterocycles. The molecule has 1 fully saturated rings. The third kappa shape index (κ3) is 2.31. The molecule has 1 saturated carbocycles. The van der Waals surface area contributed by atoms with Gasteiger partial charge in [0, 0.05) is 23.6 Å². The van der Waals surface area contributed by atoms with Gasteiger partial charge in [0.2, 0.25) is 0 Å². The molecule has 18 heavy (non-hydrogen) atoms. The molecule has 1 atom stereocenters. The van der Waals surface area contributed by atoms with Gasteiger partial charge < -0.3 is 20.5 Å². The van der Waals surface area contributed by atoms with Gasteiger partial charge in [-0.15, -0.1) is 0 Å². The minimum atomic E-state index is -0.0185. The summed E-state index contributed by atoms with van der Waals surface area (Å²) in [5.74, 6) is 1.66. The van der Waals surface area contributed by atoms with E-state index in [1.165, 1.54) is 0 Å². The minimum absolute atomic E-state index is 0.0185. The zero-order valence-electron chi connectivity index (χ0n) is 11.3. The van der Waals surface area contributed by atoms with Gasteiger partial charge in [0.1, 0.15) is 11.5 Å². The van der Waals surface area contributed by atoms with Crippen LogP contribution in [0.15, 0.2) is 18.2 Å². The van der Waals surface area contributed by atoms with Crippen molar-refractivity contribution in [1.29, 1.82) is 0 Å². The van der Waals surface area contributed by atoms with Crippen molar-refractivity contribution in [3.63, 3.8) is 0 Å². The second-order valence-corrected chi connectivity index (χ2v) is 4.98. The van der Waals surface area contributed by atoms with E-state index >= 15 is 0 Å². The molecule has 3 N–H and O–H groups in total. The molecule has 0 amide bonds. The zero-order chi connectivity index (χ0) is 13.2. The van der Waals surface area contributed by atoms with E-state index in [1.54, 1.807) is 14.2 Å². The lowest BCUT2D eigenvalue weighted by Gasteiger charge is -2.25. The van der Waals surface area contributed by atoms with Crippen LogP contribution < -0.4 is 20.5 Å². The van der Waals surface area contributed by atoms with Gasteiger partial charge in [-0.3, -0.25) is 0 Å². The van der Waals surface area contributed by atoms with E-state index in [-0.39, 0.29) is 11.5 Å². The molecule has 1 aromatic rings. The lowest BCUT2D eigenvalue weighted by Crippen LogP contribution is -2.31. The van der Waals surface area contributed by atoms with Crippen LogP contribution in [-0.2, 0) is 0 Å². The molecule has 0 saturated heterocycles. The Labute approximate surface area is 108 Å². The first kappa shape index (κ1) is 13.2. The van der Waals surface area contributed by atoms with E-state index < -0.39 is 0 Å². The molecule has 0 aromatic heterocycles. The highest BCUT2D eigenvalue weighted by Crippen LogP contribution is 2.54. The van der Waals surface area contributed by atoms with Crippen molar-refractivity contribution >= 4 is 0 Å². The Balaban J connectivity index is 2.31. The Kier molecular flexibility index (Phi) is 3.78. The van der Waals surface area contributed by atoms with E-state index in [9.17, 15) is 0 Å². The van der Waals surface area contributed by atoms with Gasteiger partial charge in [0.25, 0.3) is 0 Å². The first-order valence-corrected chi connectivity index (χ1v) is 6.29. The van der Waals surface area contributed by atoms with Crippen molar-refractivity contribution in [3.8, 4) is 11.5 Å². The average Bonchev–Trinajstić information content (AvgIpc) is 3.18. The van der Waals surface area contributed by atoms with Gasteiger partial charge in [0.05, 0.1) is 14.2 Å². The molecule has 2 rings (SSSR count). The van der Waals surface area contributed by atoms with Crippen LogP contribution in [0.3, 0.4) is 0 Å². The molecule has 100 valence electrons. The Morgan fingerprint density at radius 2 is 2.06 bits per heavy atom. The number of hydrogen-bond acceptors (Lipinski definition) is 4. The Hall–Kier alpha value is -1.26. The molecule has 4 nitrogen and oxygen atoms in total. The van der Waals surface area contributed by atoms with Crippen LogP contribution >= 0.6 is 0 Å². The van der Waals surface area contributed by atoms with E-state index in [4.69, 9.17) is 15.2 Å². The van der Waals surface area contributed by atoms with Crippen LogP contribution in [0.25, 0.3) is 0 Å². The van der Waals surface area contributed by atoms with Crippen LogP contribution in [0.5, 0.6) is 11.5 Å². The lowest BCUT2D eigenvalue weighted by molar-refractivity contribution is 0.359. The van der Waals surface area contributed by atoms with Crippen LogP contribution in [0, 0.1) is 5.41 Å². The van der Waals surface area contributed by atoms with Crippen molar-refractivity contribution in [2.24, 2.45) is 11.1 Å². The van der Waals surface area contributed by atoms with Crippen molar-refractivity contribution < 1.29 is 9.47 Å². The highest BCUT2D eigenvalue weighted by atomic mass is 16.5. The zero-order valence-corrected chi connectivity index (χ0v) is 11.3. The third-order valence-electron chi connectivity index (χ3n) is 3.85. The molecule has 1 aliphatic carbocycles. The molecule has 1 unspecified atom stereocenters. The molecular formula is C14H22N2O2. The molecule has 1 aliphatic rings. The smallest absolute Gasteiger partial charge is 0.123 e. The maximum absolute atomic E-state index is 6.45. The van der Waals surface area contributed by atoms with Gasteiger partial charge in [-0.05, 0) is 38.1 Å². The number of ether oxygens (including phenoxy) is 2. The number of rotatable bonds is 6. The third-order valence-corrected chi connectivity index (χ3v) is 3.85.